The summed E-state index contributed by atoms with van der Waals surface area (Å²) in [6.45, 7) is 6.55. The summed E-state index contributed by atoms with van der Waals surface area (Å²) in [5, 5.41) is 3.21. The van der Waals surface area contributed by atoms with Gasteiger partial charge in [-0.1, -0.05) is 15.9 Å². The van der Waals surface area contributed by atoms with Gasteiger partial charge in [-0.3, -0.25) is 0 Å². The van der Waals surface area contributed by atoms with E-state index in [4.69, 9.17) is 0 Å². The van der Waals surface area contributed by atoms with Crippen molar-refractivity contribution in [3.63, 3.8) is 0 Å². The second-order valence-corrected chi connectivity index (χ2v) is 5.32. The molecule has 0 aliphatic rings. The van der Waals surface area contributed by atoms with Crippen molar-refractivity contribution in [2.75, 3.05) is 0 Å². The van der Waals surface area contributed by atoms with E-state index in [0.717, 1.165) is 6.07 Å². The minimum Gasteiger partial charge on any atom is -0.308 e. The van der Waals surface area contributed by atoms with E-state index in [9.17, 15) is 8.78 Å². The molecule has 0 atom stereocenters. The van der Waals surface area contributed by atoms with Crippen LogP contribution in [0.5, 0.6) is 0 Å². The Morgan fingerprint density at radius 3 is 2.27 bits per heavy atom. The molecule has 0 heterocycles. The van der Waals surface area contributed by atoms with Crippen molar-refractivity contribution in [1.29, 1.82) is 0 Å². The zero-order valence-corrected chi connectivity index (χ0v) is 10.6. The molecular formula is C11H14BrF2N. The van der Waals surface area contributed by atoms with Crippen LogP contribution in [-0.2, 0) is 6.54 Å². The lowest BCUT2D eigenvalue weighted by Gasteiger charge is -2.21. The fourth-order valence-electron chi connectivity index (χ4n) is 1.06. The van der Waals surface area contributed by atoms with Crippen LogP contribution in [0.15, 0.2) is 16.6 Å². The van der Waals surface area contributed by atoms with Gasteiger partial charge in [0.15, 0.2) is 11.6 Å². The fourth-order valence-corrected chi connectivity index (χ4v) is 1.52. The zero-order chi connectivity index (χ0) is 11.6. The molecule has 0 amide bonds. The van der Waals surface area contributed by atoms with Gasteiger partial charge in [-0.15, -0.1) is 0 Å². The highest BCUT2D eigenvalue weighted by molar-refractivity contribution is 9.10. The van der Waals surface area contributed by atoms with Crippen LogP contribution < -0.4 is 5.32 Å². The molecule has 0 fully saturated rings. The number of hydrogen-bond donors (Lipinski definition) is 1. The molecule has 0 radical (unpaired) electrons. The summed E-state index contributed by atoms with van der Waals surface area (Å²) < 4.78 is 26.3. The highest BCUT2D eigenvalue weighted by Crippen LogP contribution is 2.21. The fraction of sp³-hybridized carbons (Fsp3) is 0.455. The van der Waals surface area contributed by atoms with Gasteiger partial charge in [0.05, 0.1) is 0 Å². The second-order valence-electron chi connectivity index (χ2n) is 4.46. The van der Waals surface area contributed by atoms with Crippen LogP contribution in [0.4, 0.5) is 8.78 Å². The Morgan fingerprint density at radius 1 is 1.20 bits per heavy atom. The zero-order valence-electron chi connectivity index (χ0n) is 9.00. The Bertz CT molecular complexity index is 358. The molecule has 1 N–H and O–H groups in total. The van der Waals surface area contributed by atoms with E-state index >= 15 is 0 Å². The maximum absolute atomic E-state index is 13.0. The monoisotopic (exact) mass is 277 g/mol. The summed E-state index contributed by atoms with van der Waals surface area (Å²) in [4.78, 5) is 0. The summed E-state index contributed by atoms with van der Waals surface area (Å²) in [6.07, 6.45) is 0. The van der Waals surface area contributed by atoms with Crippen molar-refractivity contribution in [3.8, 4) is 0 Å². The average molecular weight is 278 g/mol. The standard InChI is InChI=1S/C11H14BrF2N/c1-11(2,3)15-6-7-4-9(13)10(14)5-8(7)12/h4-5,15H,6H2,1-3H3. The quantitative estimate of drug-likeness (QED) is 0.815. The number of halogens is 3. The topological polar surface area (TPSA) is 12.0 Å². The van der Waals surface area contributed by atoms with E-state index in [1.165, 1.54) is 6.07 Å². The van der Waals surface area contributed by atoms with Crippen LogP contribution in [0.1, 0.15) is 26.3 Å². The van der Waals surface area contributed by atoms with E-state index in [0.29, 0.717) is 16.6 Å². The normalized spacial score (nSPS) is 11.9. The molecule has 0 saturated heterocycles. The summed E-state index contributed by atoms with van der Waals surface area (Å²) in [5.74, 6) is -1.65. The maximum atomic E-state index is 13.0. The molecule has 0 bridgehead atoms. The molecule has 1 rings (SSSR count). The van der Waals surface area contributed by atoms with Gasteiger partial charge >= 0.3 is 0 Å². The third-order valence-electron chi connectivity index (χ3n) is 1.90. The largest absolute Gasteiger partial charge is 0.308 e. The smallest absolute Gasteiger partial charge is 0.159 e. The Morgan fingerprint density at radius 2 is 1.73 bits per heavy atom. The predicted molar refractivity (Wildman–Crippen MR) is 60.7 cm³/mol. The van der Waals surface area contributed by atoms with Gasteiger partial charge in [0.1, 0.15) is 0 Å². The number of rotatable bonds is 2. The van der Waals surface area contributed by atoms with Crippen LogP contribution in [-0.4, -0.2) is 5.54 Å². The first-order valence-corrected chi connectivity index (χ1v) is 5.47. The molecule has 1 aromatic rings. The van der Waals surface area contributed by atoms with E-state index in [2.05, 4.69) is 21.2 Å². The Kier molecular flexibility index (Phi) is 3.84. The lowest BCUT2D eigenvalue weighted by Crippen LogP contribution is -2.35. The third kappa shape index (κ3) is 3.87. The number of nitrogens with one attached hydrogen (secondary N) is 1. The van der Waals surface area contributed by atoms with Gasteiger partial charge in [0.2, 0.25) is 0 Å². The van der Waals surface area contributed by atoms with Crippen molar-refractivity contribution in [2.45, 2.75) is 32.9 Å². The molecule has 0 aliphatic heterocycles. The minimum absolute atomic E-state index is 0.0513. The highest BCUT2D eigenvalue weighted by atomic mass is 79.9. The Labute approximate surface area is 97.0 Å². The minimum atomic E-state index is -0.832. The van der Waals surface area contributed by atoms with Crippen LogP contribution in [0.2, 0.25) is 0 Å². The molecule has 15 heavy (non-hydrogen) atoms. The molecule has 0 spiro atoms. The molecule has 0 aliphatic carbocycles. The lowest BCUT2D eigenvalue weighted by atomic mass is 10.1. The average Bonchev–Trinajstić information content (AvgIpc) is 2.07. The van der Waals surface area contributed by atoms with Crippen molar-refractivity contribution in [3.05, 3.63) is 33.8 Å². The van der Waals surface area contributed by atoms with Gasteiger partial charge in [0, 0.05) is 16.6 Å². The number of hydrogen-bond acceptors (Lipinski definition) is 1. The Balaban J connectivity index is 2.82. The Hall–Kier alpha value is -0.480. The summed E-state index contributed by atoms with van der Waals surface area (Å²) in [5.41, 5.74) is 0.661. The van der Waals surface area contributed by atoms with Gasteiger partial charge < -0.3 is 5.32 Å². The van der Waals surface area contributed by atoms with Crippen molar-refractivity contribution in [1.82, 2.24) is 5.32 Å². The third-order valence-corrected chi connectivity index (χ3v) is 2.64. The van der Waals surface area contributed by atoms with Gasteiger partial charge in [-0.25, -0.2) is 8.78 Å². The van der Waals surface area contributed by atoms with E-state index in [1.54, 1.807) is 0 Å². The number of benzene rings is 1. The van der Waals surface area contributed by atoms with Crippen LogP contribution in [0.3, 0.4) is 0 Å². The van der Waals surface area contributed by atoms with E-state index in [-0.39, 0.29) is 5.54 Å². The van der Waals surface area contributed by atoms with E-state index < -0.39 is 11.6 Å². The molecule has 1 nitrogen and oxygen atoms in total. The van der Waals surface area contributed by atoms with Crippen molar-refractivity contribution in [2.24, 2.45) is 0 Å². The molecule has 1 aromatic carbocycles. The summed E-state index contributed by atoms with van der Waals surface area (Å²) in [7, 11) is 0. The molecule has 0 unspecified atom stereocenters. The molecule has 4 heteroatoms. The summed E-state index contributed by atoms with van der Waals surface area (Å²) in [6, 6.07) is 2.35. The van der Waals surface area contributed by atoms with Gasteiger partial charge in [-0.2, -0.15) is 0 Å². The molecular weight excluding hydrogens is 264 g/mol. The van der Waals surface area contributed by atoms with Gasteiger partial charge in [-0.05, 0) is 38.5 Å². The first-order valence-electron chi connectivity index (χ1n) is 4.68. The molecule has 84 valence electrons. The van der Waals surface area contributed by atoms with Gasteiger partial charge in [0.25, 0.3) is 0 Å². The second kappa shape index (κ2) is 4.58. The SMILES string of the molecule is CC(C)(C)NCc1cc(F)c(F)cc1Br. The maximum Gasteiger partial charge on any atom is 0.159 e. The van der Waals surface area contributed by atoms with Crippen LogP contribution in [0, 0.1) is 11.6 Å². The van der Waals surface area contributed by atoms with Crippen LogP contribution in [0.25, 0.3) is 0 Å². The predicted octanol–water partition coefficient (Wildman–Crippen LogP) is 3.62. The summed E-state index contributed by atoms with van der Waals surface area (Å²) >= 11 is 3.20. The van der Waals surface area contributed by atoms with E-state index in [1.807, 2.05) is 20.8 Å². The van der Waals surface area contributed by atoms with Crippen molar-refractivity contribution < 1.29 is 8.78 Å². The first kappa shape index (κ1) is 12.6. The molecule has 0 saturated carbocycles. The first-order chi connectivity index (χ1) is 6.79. The van der Waals surface area contributed by atoms with Crippen LogP contribution >= 0.6 is 15.9 Å². The van der Waals surface area contributed by atoms with Crippen molar-refractivity contribution >= 4 is 15.9 Å². The highest BCUT2D eigenvalue weighted by Gasteiger charge is 2.12. The molecule has 0 aromatic heterocycles. The lowest BCUT2D eigenvalue weighted by molar-refractivity contribution is 0.422.